The summed E-state index contributed by atoms with van der Waals surface area (Å²) in [6.45, 7) is 6.41. The van der Waals surface area contributed by atoms with Crippen molar-refractivity contribution in [1.82, 2.24) is 19.7 Å². The molecule has 1 saturated carbocycles. The molecule has 6 rings (SSSR count). The molecule has 0 bridgehead atoms. The van der Waals surface area contributed by atoms with Crippen molar-refractivity contribution in [3.05, 3.63) is 76.2 Å². The van der Waals surface area contributed by atoms with Crippen molar-refractivity contribution in [1.29, 1.82) is 0 Å². The van der Waals surface area contributed by atoms with Crippen molar-refractivity contribution in [3.8, 4) is 11.6 Å². The van der Waals surface area contributed by atoms with Gasteiger partial charge in [0.1, 0.15) is 18.1 Å². The zero-order valence-electron chi connectivity index (χ0n) is 26.0. The molecule has 1 saturated heterocycles. The molecule has 3 aliphatic rings. The zero-order chi connectivity index (χ0) is 31.7. The first-order valence-electron chi connectivity index (χ1n) is 16.2. The third kappa shape index (κ3) is 6.67. The van der Waals surface area contributed by atoms with E-state index in [1.807, 2.05) is 6.07 Å². The van der Waals surface area contributed by atoms with Crippen molar-refractivity contribution in [3.63, 3.8) is 0 Å². The van der Waals surface area contributed by atoms with Crippen LogP contribution in [0.2, 0.25) is 0 Å². The van der Waals surface area contributed by atoms with E-state index in [1.54, 1.807) is 12.1 Å². The quantitative estimate of drug-likeness (QED) is 0.251. The van der Waals surface area contributed by atoms with E-state index < -0.39 is 18.4 Å². The molecule has 2 N–H and O–H groups in total. The number of hydrogen-bond donors (Lipinski definition) is 2. The van der Waals surface area contributed by atoms with Crippen LogP contribution in [0.5, 0.6) is 5.75 Å². The average molecular weight is 621 g/mol. The molecule has 2 fully saturated rings. The Hall–Kier alpha value is -3.63. The van der Waals surface area contributed by atoms with Gasteiger partial charge in [0.25, 0.3) is 6.43 Å². The Kier molecular flexibility index (Phi) is 9.33. The van der Waals surface area contributed by atoms with E-state index in [2.05, 4.69) is 42.0 Å². The van der Waals surface area contributed by atoms with Crippen LogP contribution in [-0.4, -0.2) is 55.5 Å². The lowest BCUT2D eigenvalue weighted by Gasteiger charge is -2.33. The highest BCUT2D eigenvalue weighted by Crippen LogP contribution is 2.38. The van der Waals surface area contributed by atoms with E-state index in [1.165, 1.54) is 11.1 Å². The van der Waals surface area contributed by atoms with E-state index in [0.717, 1.165) is 92.2 Å². The van der Waals surface area contributed by atoms with Gasteiger partial charge in [-0.1, -0.05) is 26.0 Å². The Morgan fingerprint density at radius 1 is 1.09 bits per heavy atom. The van der Waals surface area contributed by atoms with Crippen LogP contribution in [0.15, 0.2) is 48.2 Å². The summed E-state index contributed by atoms with van der Waals surface area (Å²) in [6.07, 6.45) is 3.79. The van der Waals surface area contributed by atoms with Crippen molar-refractivity contribution >= 4 is 11.5 Å². The van der Waals surface area contributed by atoms with Gasteiger partial charge in [-0.2, -0.15) is 5.10 Å². The molecule has 0 radical (unpaired) electrons. The molecule has 1 unspecified atom stereocenters. The summed E-state index contributed by atoms with van der Waals surface area (Å²) in [5.41, 5.74) is 4.57. The number of piperidine rings is 1. The largest absolute Gasteiger partial charge is 0.489 e. The highest BCUT2D eigenvalue weighted by Gasteiger charge is 2.35. The van der Waals surface area contributed by atoms with Crippen LogP contribution in [0, 0.1) is 11.8 Å². The molecule has 2 aromatic heterocycles. The van der Waals surface area contributed by atoms with Crippen LogP contribution >= 0.6 is 0 Å². The van der Waals surface area contributed by atoms with Crippen LogP contribution in [0.1, 0.15) is 106 Å². The molecular formula is C35H42F2N4O4. The Morgan fingerprint density at radius 3 is 2.56 bits per heavy atom. The highest BCUT2D eigenvalue weighted by atomic mass is 19.3. The Balaban J connectivity index is 1.20. The number of likely N-dealkylation sites (tertiary alicyclic amines) is 1. The van der Waals surface area contributed by atoms with Crippen LogP contribution in [0.4, 0.5) is 8.78 Å². The van der Waals surface area contributed by atoms with Gasteiger partial charge < -0.3 is 19.8 Å². The minimum Gasteiger partial charge on any atom is -0.489 e. The molecule has 8 nitrogen and oxygen atoms in total. The van der Waals surface area contributed by atoms with Crippen molar-refractivity contribution in [2.75, 3.05) is 19.7 Å². The molecule has 10 heteroatoms. The normalized spacial score (nSPS) is 19.6. The number of nitrogens with zero attached hydrogens (tertiary/aromatic N) is 4. The molecule has 45 heavy (non-hydrogen) atoms. The predicted molar refractivity (Wildman–Crippen MR) is 166 cm³/mol. The summed E-state index contributed by atoms with van der Waals surface area (Å²) >= 11 is 0. The maximum absolute atomic E-state index is 13.9. The van der Waals surface area contributed by atoms with E-state index >= 15 is 0 Å². The fourth-order valence-electron chi connectivity index (χ4n) is 6.96. The number of aryl methyl sites for hydroxylation is 1. The molecule has 0 spiro atoms. The van der Waals surface area contributed by atoms with Crippen molar-refractivity contribution in [2.45, 2.75) is 83.8 Å². The van der Waals surface area contributed by atoms with Gasteiger partial charge in [-0.3, -0.25) is 4.79 Å². The standard InChI is InChI=1S/C35H42F2N4O4/c1-3-22-18-25(12-13-26(22)23-14-16-40(17-15-23)34(42)24-10-11-24)45-20-29-21(2)6-4-7-27(29)30-8-5-9-31(39-30)41-32(33(36)37)28(19-38-41)35(43)44/h5,8-9,12-13,18-19,21,23-24,33,35,43-44H,3-4,6-7,10-11,14-17,20H2,1-2H3. The number of benzene rings is 1. The van der Waals surface area contributed by atoms with Gasteiger partial charge in [0.05, 0.1) is 17.5 Å². The second-order valence-electron chi connectivity index (χ2n) is 12.6. The molecule has 1 aliphatic heterocycles. The number of aromatic nitrogens is 3. The number of allylic oxidation sites excluding steroid dienone is 1. The fraction of sp³-hybridized carbons (Fsp3) is 0.514. The Labute approximate surface area is 262 Å². The second kappa shape index (κ2) is 13.4. The summed E-state index contributed by atoms with van der Waals surface area (Å²) in [6, 6.07) is 11.6. The van der Waals surface area contributed by atoms with Crippen LogP contribution < -0.4 is 4.74 Å². The zero-order valence-corrected chi connectivity index (χ0v) is 26.0. The molecule has 1 atom stereocenters. The molecule has 2 aliphatic carbocycles. The molecule has 3 heterocycles. The second-order valence-corrected chi connectivity index (χ2v) is 12.6. The van der Waals surface area contributed by atoms with Crippen molar-refractivity contribution in [2.24, 2.45) is 11.8 Å². The van der Waals surface area contributed by atoms with Gasteiger partial charge in [-0.05, 0) is 110 Å². The number of halogens is 2. The number of aliphatic hydroxyl groups excluding tert-OH is 1. The van der Waals surface area contributed by atoms with E-state index in [4.69, 9.17) is 9.72 Å². The smallest absolute Gasteiger partial charge is 0.281 e. The third-order valence-corrected chi connectivity index (χ3v) is 9.69. The first-order valence-corrected chi connectivity index (χ1v) is 16.2. The molecule has 1 aromatic carbocycles. The topological polar surface area (TPSA) is 101 Å². The summed E-state index contributed by atoms with van der Waals surface area (Å²) in [7, 11) is 0. The number of carbonyl (C=O) groups is 1. The molecule has 1 amide bonds. The number of ether oxygens (including phenoxy) is 1. The van der Waals surface area contributed by atoms with Gasteiger partial charge in [0.2, 0.25) is 5.91 Å². The van der Waals surface area contributed by atoms with Gasteiger partial charge in [0, 0.05) is 19.0 Å². The lowest BCUT2D eigenvalue weighted by Crippen LogP contribution is -2.38. The van der Waals surface area contributed by atoms with Crippen LogP contribution in [0.25, 0.3) is 11.4 Å². The summed E-state index contributed by atoms with van der Waals surface area (Å²) < 4.78 is 35.2. The monoisotopic (exact) mass is 620 g/mol. The van der Waals surface area contributed by atoms with E-state index in [0.29, 0.717) is 24.1 Å². The van der Waals surface area contributed by atoms with E-state index in [-0.39, 0.29) is 23.2 Å². The van der Waals surface area contributed by atoms with Crippen LogP contribution in [0.3, 0.4) is 0 Å². The Morgan fingerprint density at radius 2 is 1.87 bits per heavy atom. The predicted octanol–water partition coefficient (Wildman–Crippen LogP) is 6.52. The molecule has 3 aromatic rings. The number of amides is 1. The third-order valence-electron chi connectivity index (χ3n) is 9.69. The average Bonchev–Trinajstić information content (AvgIpc) is 3.80. The molecule has 240 valence electrons. The lowest BCUT2D eigenvalue weighted by molar-refractivity contribution is -0.133. The lowest BCUT2D eigenvalue weighted by atomic mass is 9.82. The van der Waals surface area contributed by atoms with Gasteiger partial charge >= 0.3 is 0 Å². The Bertz CT molecular complexity index is 1560. The van der Waals surface area contributed by atoms with E-state index in [9.17, 15) is 23.8 Å². The minimum atomic E-state index is -2.96. The first-order chi connectivity index (χ1) is 21.7. The number of pyridine rings is 1. The minimum absolute atomic E-state index is 0.187. The number of hydrogen-bond acceptors (Lipinski definition) is 6. The first kappa shape index (κ1) is 31.4. The summed E-state index contributed by atoms with van der Waals surface area (Å²) in [5.74, 6) is 2.33. The number of rotatable bonds is 10. The summed E-state index contributed by atoms with van der Waals surface area (Å²) in [5, 5.41) is 23.1. The van der Waals surface area contributed by atoms with Gasteiger partial charge in [0.15, 0.2) is 12.1 Å². The maximum Gasteiger partial charge on any atom is 0.281 e. The number of carbonyl (C=O) groups excluding carboxylic acids is 1. The molecular weight excluding hydrogens is 578 g/mol. The number of aliphatic hydroxyl groups is 2. The summed E-state index contributed by atoms with van der Waals surface area (Å²) in [4.78, 5) is 19.3. The van der Waals surface area contributed by atoms with Gasteiger partial charge in [-0.15, -0.1) is 0 Å². The SMILES string of the molecule is CCc1cc(OCC2=C(c3cccc(-n4ncc(C(O)O)c4C(F)F)n3)CCCC2C)ccc1C1CCN(C(=O)C2CC2)CC1. The fourth-order valence-corrected chi connectivity index (χ4v) is 6.96. The maximum atomic E-state index is 13.9. The highest BCUT2D eigenvalue weighted by molar-refractivity contribution is 5.81. The van der Waals surface area contributed by atoms with Crippen LogP contribution in [-0.2, 0) is 11.2 Å². The van der Waals surface area contributed by atoms with Crippen molar-refractivity contribution < 1.29 is 28.5 Å². The van der Waals surface area contributed by atoms with Gasteiger partial charge in [-0.25, -0.2) is 18.4 Å². The number of alkyl halides is 2.